The number of hydrogen-bond acceptors (Lipinski definition) is 4. The second kappa shape index (κ2) is 6.29. The Labute approximate surface area is 146 Å². The lowest BCUT2D eigenvalue weighted by molar-refractivity contribution is 0.241. The van der Waals surface area contributed by atoms with E-state index in [9.17, 15) is 4.79 Å². The number of aromatic amines is 1. The van der Waals surface area contributed by atoms with Gasteiger partial charge in [0.1, 0.15) is 5.82 Å². The molecule has 25 heavy (non-hydrogen) atoms. The molecule has 0 aliphatic carbocycles. The number of rotatable bonds is 3. The van der Waals surface area contributed by atoms with Crippen LogP contribution in [0.15, 0.2) is 41.3 Å². The normalized spacial score (nSPS) is 14.5. The Balaban J connectivity index is 1.61. The highest BCUT2D eigenvalue weighted by atomic mass is 16.1. The molecule has 4 rings (SSSR count). The van der Waals surface area contributed by atoms with Crippen molar-refractivity contribution in [1.82, 2.24) is 24.6 Å². The molecule has 1 aromatic carbocycles. The molecule has 6 heteroatoms. The molecule has 1 N–H and O–H groups in total. The summed E-state index contributed by atoms with van der Waals surface area (Å²) in [5.41, 5.74) is 5.01. The molecule has 0 amide bonds. The first-order chi connectivity index (χ1) is 12.1. The van der Waals surface area contributed by atoms with E-state index in [-0.39, 0.29) is 5.56 Å². The third-order valence-corrected chi connectivity index (χ3v) is 4.61. The van der Waals surface area contributed by atoms with Crippen LogP contribution in [-0.2, 0) is 26.6 Å². The minimum absolute atomic E-state index is 0.0123. The summed E-state index contributed by atoms with van der Waals surface area (Å²) in [5, 5.41) is 4.63. The summed E-state index contributed by atoms with van der Waals surface area (Å²) in [6.45, 7) is 4.12. The van der Waals surface area contributed by atoms with E-state index in [4.69, 9.17) is 0 Å². The number of aryl methyl sites for hydroxylation is 2. The first-order valence-corrected chi connectivity index (χ1v) is 8.49. The van der Waals surface area contributed by atoms with Gasteiger partial charge in [0.2, 0.25) is 0 Å². The predicted molar refractivity (Wildman–Crippen MR) is 96.1 cm³/mol. The molecule has 3 aromatic rings. The molecule has 0 radical (unpaired) electrons. The van der Waals surface area contributed by atoms with Crippen molar-refractivity contribution in [3.63, 3.8) is 0 Å². The number of fused-ring (bicyclic) bond motifs is 1. The van der Waals surface area contributed by atoms with E-state index in [0.717, 1.165) is 42.0 Å². The van der Waals surface area contributed by atoms with E-state index < -0.39 is 0 Å². The van der Waals surface area contributed by atoms with Gasteiger partial charge in [-0.2, -0.15) is 5.10 Å². The molecule has 0 saturated heterocycles. The van der Waals surface area contributed by atoms with Gasteiger partial charge in [-0.1, -0.05) is 30.3 Å². The quantitative estimate of drug-likeness (QED) is 0.795. The maximum absolute atomic E-state index is 12.2. The fourth-order valence-electron chi connectivity index (χ4n) is 3.47. The Bertz CT molecular complexity index is 958. The summed E-state index contributed by atoms with van der Waals surface area (Å²) in [6, 6.07) is 10.2. The zero-order valence-corrected chi connectivity index (χ0v) is 14.5. The minimum atomic E-state index is -0.0123. The second-order valence-corrected chi connectivity index (χ2v) is 6.58. The zero-order chi connectivity index (χ0) is 17.4. The zero-order valence-electron chi connectivity index (χ0n) is 14.5. The largest absolute Gasteiger partial charge is 0.310 e. The molecule has 0 bridgehead atoms. The third kappa shape index (κ3) is 3.13. The van der Waals surface area contributed by atoms with Crippen molar-refractivity contribution in [2.75, 3.05) is 6.54 Å². The van der Waals surface area contributed by atoms with Crippen molar-refractivity contribution in [1.29, 1.82) is 0 Å². The number of nitrogens with one attached hydrogen (secondary N) is 1. The summed E-state index contributed by atoms with van der Waals surface area (Å²) in [5.74, 6) is 0.691. The third-order valence-electron chi connectivity index (χ3n) is 4.61. The first-order valence-electron chi connectivity index (χ1n) is 8.49. The van der Waals surface area contributed by atoms with Crippen molar-refractivity contribution in [2.24, 2.45) is 7.05 Å². The molecular weight excluding hydrogens is 314 g/mol. The Morgan fingerprint density at radius 3 is 2.84 bits per heavy atom. The fourth-order valence-corrected chi connectivity index (χ4v) is 3.47. The molecule has 0 atom stereocenters. The van der Waals surface area contributed by atoms with Gasteiger partial charge in [-0.3, -0.25) is 14.4 Å². The Morgan fingerprint density at radius 1 is 1.24 bits per heavy atom. The van der Waals surface area contributed by atoms with Crippen LogP contribution in [0.1, 0.15) is 22.6 Å². The molecule has 1 aliphatic rings. The van der Waals surface area contributed by atoms with Crippen molar-refractivity contribution in [2.45, 2.75) is 26.4 Å². The van der Waals surface area contributed by atoms with Crippen LogP contribution in [-0.4, -0.2) is 31.2 Å². The summed E-state index contributed by atoms with van der Waals surface area (Å²) >= 11 is 0. The van der Waals surface area contributed by atoms with E-state index in [1.54, 1.807) is 0 Å². The van der Waals surface area contributed by atoms with Crippen LogP contribution < -0.4 is 5.56 Å². The second-order valence-electron chi connectivity index (χ2n) is 6.58. The fraction of sp³-hybridized carbons (Fsp3) is 0.316. The molecule has 128 valence electrons. The van der Waals surface area contributed by atoms with Crippen molar-refractivity contribution in [3.05, 3.63) is 69.5 Å². The van der Waals surface area contributed by atoms with Crippen LogP contribution in [0.2, 0.25) is 0 Å². The Morgan fingerprint density at radius 2 is 2.04 bits per heavy atom. The van der Waals surface area contributed by atoms with Crippen LogP contribution >= 0.6 is 0 Å². The van der Waals surface area contributed by atoms with E-state index in [1.165, 1.54) is 5.56 Å². The van der Waals surface area contributed by atoms with E-state index >= 15 is 0 Å². The Hall–Kier alpha value is -2.73. The highest BCUT2D eigenvalue weighted by Gasteiger charge is 2.22. The summed E-state index contributed by atoms with van der Waals surface area (Å²) in [7, 11) is 1.94. The molecule has 2 aromatic heterocycles. The van der Waals surface area contributed by atoms with Gasteiger partial charge in [-0.05, 0) is 6.92 Å². The molecule has 3 heterocycles. The minimum Gasteiger partial charge on any atom is -0.310 e. The molecule has 0 saturated carbocycles. The lowest BCUT2D eigenvalue weighted by atomic mass is 10.0. The summed E-state index contributed by atoms with van der Waals surface area (Å²) in [6.07, 6.45) is 2.87. The molecule has 6 nitrogen and oxygen atoms in total. The molecular formula is C19H21N5O. The predicted octanol–water partition coefficient (Wildman–Crippen LogP) is 2.04. The van der Waals surface area contributed by atoms with Gasteiger partial charge in [0.05, 0.1) is 17.0 Å². The van der Waals surface area contributed by atoms with E-state index in [1.807, 2.05) is 36.9 Å². The van der Waals surface area contributed by atoms with Crippen LogP contribution in [0, 0.1) is 6.92 Å². The van der Waals surface area contributed by atoms with Crippen LogP contribution in [0.4, 0.5) is 0 Å². The van der Waals surface area contributed by atoms with Crippen molar-refractivity contribution < 1.29 is 0 Å². The Kier molecular flexibility index (Phi) is 3.97. The SMILES string of the molecule is Cc1nc2c(c(=O)[nH]1)CN(Cc1cn(C)nc1-c1ccccc1)CC2. The summed E-state index contributed by atoms with van der Waals surface area (Å²) in [4.78, 5) is 21.8. The number of benzene rings is 1. The van der Waals surface area contributed by atoms with Crippen LogP contribution in [0.5, 0.6) is 0 Å². The average molecular weight is 335 g/mol. The summed E-state index contributed by atoms with van der Waals surface area (Å²) < 4.78 is 1.85. The molecule has 0 fully saturated rings. The van der Waals surface area contributed by atoms with E-state index in [2.05, 4.69) is 38.3 Å². The monoisotopic (exact) mass is 335 g/mol. The van der Waals surface area contributed by atoms with E-state index in [0.29, 0.717) is 12.4 Å². The van der Waals surface area contributed by atoms with Gasteiger partial charge in [0, 0.05) is 50.4 Å². The molecule has 0 unspecified atom stereocenters. The smallest absolute Gasteiger partial charge is 0.255 e. The topological polar surface area (TPSA) is 66.8 Å². The van der Waals surface area contributed by atoms with Gasteiger partial charge < -0.3 is 4.98 Å². The van der Waals surface area contributed by atoms with Crippen LogP contribution in [0.25, 0.3) is 11.3 Å². The lowest BCUT2D eigenvalue weighted by Crippen LogP contribution is -2.35. The van der Waals surface area contributed by atoms with Gasteiger partial charge in [-0.25, -0.2) is 4.98 Å². The maximum Gasteiger partial charge on any atom is 0.255 e. The lowest BCUT2D eigenvalue weighted by Gasteiger charge is -2.27. The maximum atomic E-state index is 12.2. The van der Waals surface area contributed by atoms with Crippen molar-refractivity contribution >= 4 is 0 Å². The van der Waals surface area contributed by atoms with Crippen LogP contribution in [0.3, 0.4) is 0 Å². The average Bonchev–Trinajstić information content (AvgIpc) is 2.96. The number of H-pyrrole nitrogens is 1. The number of aromatic nitrogens is 4. The highest BCUT2D eigenvalue weighted by Crippen LogP contribution is 2.24. The van der Waals surface area contributed by atoms with Gasteiger partial charge in [-0.15, -0.1) is 0 Å². The first kappa shape index (κ1) is 15.8. The van der Waals surface area contributed by atoms with Gasteiger partial charge >= 0.3 is 0 Å². The molecule has 0 spiro atoms. The standard InChI is InChI=1S/C19H21N5O/c1-13-20-17-8-9-24(12-16(17)19(25)21-13)11-15-10-23(2)22-18(15)14-6-4-3-5-7-14/h3-7,10H,8-9,11-12H2,1-2H3,(H,20,21,25). The highest BCUT2D eigenvalue weighted by molar-refractivity contribution is 5.62. The number of nitrogens with zero attached hydrogens (tertiary/aromatic N) is 4. The number of hydrogen-bond donors (Lipinski definition) is 1. The van der Waals surface area contributed by atoms with Gasteiger partial charge in [0.15, 0.2) is 0 Å². The van der Waals surface area contributed by atoms with Crippen molar-refractivity contribution in [3.8, 4) is 11.3 Å². The molecule has 1 aliphatic heterocycles. The van der Waals surface area contributed by atoms with Gasteiger partial charge in [0.25, 0.3) is 5.56 Å².